The van der Waals surface area contributed by atoms with E-state index >= 15 is 0 Å². The minimum atomic E-state index is -3.63. The normalized spacial score (nSPS) is 19.8. The average Bonchev–Trinajstić information content (AvgIpc) is 2.90. The van der Waals surface area contributed by atoms with Gasteiger partial charge in [-0.2, -0.15) is 0 Å². The minimum Gasteiger partial charge on any atom is -0.478 e. The molecule has 1 heterocycles. The molecule has 0 fully saturated rings. The Morgan fingerprint density at radius 2 is 1.97 bits per heavy atom. The highest BCUT2D eigenvalue weighted by Crippen LogP contribution is 2.47. The molecule has 0 aliphatic carbocycles. The van der Waals surface area contributed by atoms with Gasteiger partial charge in [0.05, 0.1) is 33.6 Å². The van der Waals surface area contributed by atoms with E-state index in [1.165, 1.54) is 11.8 Å². The molecule has 178 valence electrons. The second-order valence-corrected chi connectivity index (χ2v) is 11.2. The summed E-state index contributed by atoms with van der Waals surface area (Å²) in [5.41, 5.74) is 1.19. The molecule has 3 rings (SSSR count). The van der Waals surface area contributed by atoms with E-state index < -0.39 is 15.8 Å². The molecule has 8 heteroatoms. The van der Waals surface area contributed by atoms with E-state index in [1.54, 1.807) is 6.07 Å². The van der Waals surface area contributed by atoms with E-state index in [2.05, 4.69) is 18.7 Å². The van der Waals surface area contributed by atoms with E-state index in [1.807, 2.05) is 42.7 Å². The summed E-state index contributed by atoms with van der Waals surface area (Å²) in [5, 5.41) is 8.87. The summed E-state index contributed by atoms with van der Waals surface area (Å²) in [7, 11) is -3.63. The van der Waals surface area contributed by atoms with Crippen molar-refractivity contribution in [3.05, 3.63) is 54.8 Å². The number of hydrogen-bond donors (Lipinski definition) is 1. The lowest BCUT2D eigenvalue weighted by atomic mass is 9.81. The molecule has 0 saturated heterocycles. The van der Waals surface area contributed by atoms with E-state index in [0.29, 0.717) is 18.0 Å². The zero-order valence-corrected chi connectivity index (χ0v) is 20.9. The number of hydrogen-bond acceptors (Lipinski definition) is 6. The molecule has 0 saturated carbocycles. The number of anilines is 2. The van der Waals surface area contributed by atoms with Crippen LogP contribution in [0, 0.1) is 5.41 Å². The highest BCUT2D eigenvalue weighted by atomic mass is 32.2. The van der Waals surface area contributed by atoms with Crippen molar-refractivity contribution in [2.24, 2.45) is 5.41 Å². The number of fused-ring (bicyclic) bond motifs is 1. The first-order valence-corrected chi connectivity index (χ1v) is 14.0. The first-order valence-electron chi connectivity index (χ1n) is 11.1. The molecule has 1 aliphatic heterocycles. The van der Waals surface area contributed by atoms with Gasteiger partial charge in [-0.15, -0.1) is 11.8 Å². The molecule has 0 aromatic heterocycles. The van der Waals surface area contributed by atoms with Crippen LogP contribution in [0.1, 0.15) is 39.5 Å². The molecule has 2 aromatic rings. The van der Waals surface area contributed by atoms with E-state index in [4.69, 9.17) is 9.84 Å². The van der Waals surface area contributed by atoms with Crippen LogP contribution >= 0.6 is 11.8 Å². The van der Waals surface area contributed by atoms with Crippen molar-refractivity contribution in [2.75, 3.05) is 23.5 Å². The van der Waals surface area contributed by atoms with E-state index in [9.17, 15) is 13.2 Å². The van der Waals surface area contributed by atoms with Crippen LogP contribution in [-0.2, 0) is 14.6 Å². The van der Waals surface area contributed by atoms with Crippen molar-refractivity contribution in [1.82, 2.24) is 0 Å². The predicted molar refractivity (Wildman–Crippen MR) is 133 cm³/mol. The van der Waals surface area contributed by atoms with Gasteiger partial charge in [-0.25, -0.2) is 13.2 Å². The Balaban J connectivity index is 2.22. The van der Waals surface area contributed by atoms with Crippen LogP contribution < -0.4 is 9.64 Å². The van der Waals surface area contributed by atoms with E-state index in [0.717, 1.165) is 48.6 Å². The fourth-order valence-electron chi connectivity index (χ4n) is 4.29. The first-order chi connectivity index (χ1) is 15.7. The second-order valence-electron chi connectivity index (χ2n) is 8.37. The number of rotatable bonds is 9. The molecular weight excluding hydrogens is 458 g/mol. The number of carbonyl (C=O) groups is 1. The third kappa shape index (κ3) is 5.73. The summed E-state index contributed by atoms with van der Waals surface area (Å²) in [6.45, 7) is 4.80. The first kappa shape index (κ1) is 25.2. The fourth-order valence-corrected chi connectivity index (χ4v) is 7.00. The van der Waals surface area contributed by atoms with Crippen LogP contribution in [0.15, 0.2) is 64.6 Å². The van der Waals surface area contributed by atoms with Crippen molar-refractivity contribution < 1.29 is 23.1 Å². The van der Waals surface area contributed by atoms with Gasteiger partial charge in [0.15, 0.2) is 9.84 Å². The Bertz CT molecular complexity index is 1120. The van der Waals surface area contributed by atoms with Gasteiger partial charge in [-0.1, -0.05) is 44.9 Å². The van der Waals surface area contributed by atoms with Gasteiger partial charge < -0.3 is 14.7 Å². The summed E-state index contributed by atoms with van der Waals surface area (Å²) >= 11 is 1.42. The van der Waals surface area contributed by atoms with Crippen LogP contribution in [0.2, 0.25) is 0 Å². The molecule has 0 bridgehead atoms. The number of sulfone groups is 1. The number of unbranched alkanes of at least 4 members (excludes halogenated alkanes) is 1. The molecule has 0 spiro atoms. The van der Waals surface area contributed by atoms with Crippen LogP contribution in [-0.4, -0.2) is 38.0 Å². The molecule has 0 amide bonds. The molecule has 0 radical (unpaired) electrons. The van der Waals surface area contributed by atoms with Crippen LogP contribution in [0.5, 0.6) is 5.75 Å². The number of nitrogens with zero attached hydrogens (tertiary/aromatic N) is 1. The van der Waals surface area contributed by atoms with Crippen LogP contribution in [0.4, 0.5) is 11.4 Å². The number of carboxylic acids is 1. The molecule has 33 heavy (non-hydrogen) atoms. The van der Waals surface area contributed by atoms with Crippen molar-refractivity contribution in [3.8, 4) is 5.75 Å². The van der Waals surface area contributed by atoms with Gasteiger partial charge in [0.25, 0.3) is 0 Å². The van der Waals surface area contributed by atoms with Crippen molar-refractivity contribution in [1.29, 1.82) is 0 Å². The van der Waals surface area contributed by atoms with Gasteiger partial charge in [0.1, 0.15) is 5.75 Å². The molecule has 6 nitrogen and oxygen atoms in total. The van der Waals surface area contributed by atoms with Crippen LogP contribution in [0.25, 0.3) is 0 Å². The summed E-state index contributed by atoms with van der Waals surface area (Å²) < 4.78 is 33.0. The van der Waals surface area contributed by atoms with Crippen molar-refractivity contribution in [3.63, 3.8) is 0 Å². The number of aliphatic carboxylic acids is 1. The monoisotopic (exact) mass is 489 g/mol. The zero-order valence-electron chi connectivity index (χ0n) is 19.3. The van der Waals surface area contributed by atoms with E-state index in [-0.39, 0.29) is 16.1 Å². The Morgan fingerprint density at radius 3 is 2.58 bits per heavy atom. The maximum Gasteiger partial charge on any atom is 0.331 e. The number of para-hydroxylation sites is 1. The summed E-state index contributed by atoms with van der Waals surface area (Å²) in [4.78, 5) is 13.9. The number of benzene rings is 2. The predicted octanol–water partition coefficient (Wildman–Crippen LogP) is 5.90. The Labute approximate surface area is 200 Å². The fraction of sp³-hybridized carbons (Fsp3) is 0.400. The summed E-state index contributed by atoms with van der Waals surface area (Å²) in [5.74, 6) is -0.745. The van der Waals surface area contributed by atoms with Gasteiger partial charge in [0.2, 0.25) is 0 Å². The largest absolute Gasteiger partial charge is 0.478 e. The van der Waals surface area contributed by atoms with Gasteiger partial charge in [-0.05, 0) is 37.3 Å². The quantitative estimate of drug-likeness (QED) is 0.267. The topological polar surface area (TPSA) is 83.9 Å². The zero-order chi connectivity index (χ0) is 24.1. The van der Waals surface area contributed by atoms with Crippen molar-refractivity contribution >= 4 is 38.9 Å². The van der Waals surface area contributed by atoms with Gasteiger partial charge in [-0.3, -0.25) is 0 Å². The molecular formula is C25H31NO5S2. The van der Waals surface area contributed by atoms with Crippen molar-refractivity contribution in [2.45, 2.75) is 49.3 Å². The lowest BCUT2D eigenvalue weighted by Crippen LogP contribution is -2.37. The molecule has 1 aliphatic rings. The smallest absolute Gasteiger partial charge is 0.331 e. The standard InChI is InChI=1S/C25H31NO5S2/c1-4-6-13-25(5-2)17-26(19-10-8-7-9-11-19)20-15-22(32-3)21(31-14-12-24(27)28)16-23(20)33(29,30)18-25/h7-12,14-16H,4-6,13,17-18H2,1-3H3,(H,27,28)/b14-12-/t25-/m1/s1. The third-order valence-electron chi connectivity index (χ3n) is 6.14. The molecule has 0 unspecified atom stereocenters. The van der Waals surface area contributed by atoms with Crippen LogP contribution in [0.3, 0.4) is 0 Å². The van der Waals surface area contributed by atoms with Gasteiger partial charge in [0, 0.05) is 23.7 Å². The number of carboxylic acid groups (broad SMARTS) is 1. The summed E-state index contributed by atoms with van der Waals surface area (Å²) in [6.07, 6.45) is 7.38. The lowest BCUT2D eigenvalue weighted by molar-refractivity contribution is -0.131. The number of thioether (sulfide) groups is 1. The molecule has 1 N–H and O–H groups in total. The minimum absolute atomic E-state index is 0.0653. The SMILES string of the molecule is CCCC[C@]1(CC)CN(c2ccccc2)c2cc(SC)c(O/C=C\C(=O)O)cc2S(=O)(=O)C1. The molecule has 2 aromatic carbocycles. The maximum atomic E-state index is 13.7. The molecule has 1 atom stereocenters. The number of ether oxygens (including phenoxy) is 1. The Kier molecular flexibility index (Phi) is 8.13. The summed E-state index contributed by atoms with van der Waals surface area (Å²) in [6, 6.07) is 13.3. The average molecular weight is 490 g/mol. The maximum absolute atomic E-state index is 13.7. The lowest BCUT2D eigenvalue weighted by Gasteiger charge is -2.36. The second kappa shape index (κ2) is 10.7. The Morgan fingerprint density at radius 1 is 1.24 bits per heavy atom. The Hall–Kier alpha value is -2.45. The highest BCUT2D eigenvalue weighted by Gasteiger charge is 2.41. The van der Waals surface area contributed by atoms with Gasteiger partial charge >= 0.3 is 5.97 Å². The third-order valence-corrected chi connectivity index (χ3v) is 8.89. The highest BCUT2D eigenvalue weighted by molar-refractivity contribution is 7.98.